The summed E-state index contributed by atoms with van der Waals surface area (Å²) in [5.41, 5.74) is 2.09. The van der Waals surface area contributed by atoms with Crippen LogP contribution in [0.5, 0.6) is 17.2 Å². The number of nitrogens with zero attached hydrogens (tertiary/aromatic N) is 1. The van der Waals surface area contributed by atoms with Gasteiger partial charge in [0.25, 0.3) is 0 Å². The van der Waals surface area contributed by atoms with Gasteiger partial charge in [0.1, 0.15) is 25.1 Å². The first-order valence-corrected chi connectivity index (χ1v) is 10.7. The Kier molecular flexibility index (Phi) is 6.92. The van der Waals surface area contributed by atoms with Gasteiger partial charge in [0, 0.05) is 29.4 Å². The molecule has 1 heterocycles. The molecule has 0 saturated carbocycles. The Bertz CT molecular complexity index is 1150. The molecule has 6 nitrogen and oxygen atoms in total. The van der Waals surface area contributed by atoms with Crippen LogP contribution >= 0.6 is 9.39 Å². The molecule has 0 spiro atoms. The van der Waals surface area contributed by atoms with Crippen LogP contribution in [0.3, 0.4) is 0 Å². The average molecular weight is 438 g/mol. The maximum atomic E-state index is 10.5. The van der Waals surface area contributed by atoms with Gasteiger partial charge in [-0.2, -0.15) is 0 Å². The molecular weight excluding hydrogens is 411 g/mol. The van der Waals surface area contributed by atoms with Crippen LogP contribution in [-0.2, 0) is 0 Å². The van der Waals surface area contributed by atoms with E-state index in [1.54, 1.807) is 7.11 Å². The van der Waals surface area contributed by atoms with Gasteiger partial charge in [-0.1, -0.05) is 45.8 Å². The Labute approximate surface area is 184 Å². The third-order valence-electron chi connectivity index (χ3n) is 5.07. The van der Waals surface area contributed by atoms with Gasteiger partial charge in [-0.3, -0.25) is 4.67 Å². The Morgan fingerprint density at radius 3 is 2.45 bits per heavy atom. The first-order chi connectivity index (χ1) is 15.2. The Morgan fingerprint density at radius 2 is 1.61 bits per heavy atom. The maximum absolute atomic E-state index is 10.5. The molecule has 0 amide bonds. The van der Waals surface area contributed by atoms with E-state index < -0.39 is 6.10 Å². The Hall–Kier alpha value is -2.79. The number of fused-ring (bicyclic) bond motifs is 3. The van der Waals surface area contributed by atoms with Crippen LogP contribution < -0.4 is 14.2 Å². The lowest BCUT2D eigenvalue weighted by Gasteiger charge is -2.21. The van der Waals surface area contributed by atoms with Crippen molar-refractivity contribution in [2.45, 2.75) is 6.10 Å². The summed E-state index contributed by atoms with van der Waals surface area (Å²) in [6.07, 6.45) is -0.635. The minimum Gasteiger partial charge on any atom is -0.493 e. The van der Waals surface area contributed by atoms with Crippen molar-refractivity contribution in [3.05, 3.63) is 66.7 Å². The molecule has 2 N–H and O–H groups in total. The monoisotopic (exact) mass is 438 g/mol. The maximum Gasteiger partial charge on any atom is 0.161 e. The molecule has 0 saturated heterocycles. The van der Waals surface area contributed by atoms with Gasteiger partial charge in [0.05, 0.1) is 12.6 Å². The summed E-state index contributed by atoms with van der Waals surface area (Å²) in [4.78, 5) is 3.41. The van der Waals surface area contributed by atoms with Crippen molar-refractivity contribution in [3.63, 3.8) is 0 Å². The smallest absolute Gasteiger partial charge is 0.161 e. The average Bonchev–Trinajstić information content (AvgIpc) is 3.17. The molecule has 7 heteroatoms. The van der Waals surface area contributed by atoms with E-state index in [1.165, 1.54) is 0 Å². The quantitative estimate of drug-likeness (QED) is 0.363. The number of nitrogens with one attached hydrogen (secondary N) is 1. The van der Waals surface area contributed by atoms with E-state index in [0.29, 0.717) is 31.2 Å². The van der Waals surface area contributed by atoms with Crippen molar-refractivity contribution < 1.29 is 19.3 Å². The highest BCUT2D eigenvalue weighted by Gasteiger charge is 2.13. The highest BCUT2D eigenvalue weighted by Crippen LogP contribution is 2.33. The molecule has 1 aromatic heterocycles. The number of aliphatic hydroxyl groups is 1. The van der Waals surface area contributed by atoms with Crippen molar-refractivity contribution in [2.24, 2.45) is 0 Å². The number of H-pyrrole nitrogens is 1. The normalized spacial score (nSPS) is 12.4. The second-order valence-corrected chi connectivity index (χ2v) is 8.04. The third kappa shape index (κ3) is 5.10. The first-order valence-electron chi connectivity index (χ1n) is 10.2. The van der Waals surface area contributed by atoms with E-state index in [-0.39, 0.29) is 6.61 Å². The number of para-hydroxylation sites is 3. The van der Waals surface area contributed by atoms with Gasteiger partial charge < -0.3 is 24.3 Å². The van der Waals surface area contributed by atoms with Crippen LogP contribution in [0.15, 0.2) is 66.7 Å². The van der Waals surface area contributed by atoms with Crippen molar-refractivity contribution in [2.75, 3.05) is 33.4 Å². The molecular formula is C24H27N2O4P. The summed E-state index contributed by atoms with van der Waals surface area (Å²) in [6, 6.07) is 21.6. The lowest BCUT2D eigenvalue weighted by atomic mass is 10.1. The summed E-state index contributed by atoms with van der Waals surface area (Å²) in [6.45, 7) is 1.77. The molecule has 0 radical (unpaired) electrons. The van der Waals surface area contributed by atoms with Crippen molar-refractivity contribution >= 4 is 31.2 Å². The number of methoxy groups -OCH3 is 1. The molecule has 31 heavy (non-hydrogen) atoms. The van der Waals surface area contributed by atoms with E-state index in [0.717, 1.165) is 27.6 Å². The highest BCUT2D eigenvalue weighted by atomic mass is 31.0. The van der Waals surface area contributed by atoms with Crippen molar-refractivity contribution in [1.82, 2.24) is 9.65 Å². The number of aromatic nitrogens is 1. The molecule has 4 aromatic rings. The van der Waals surface area contributed by atoms with Crippen LogP contribution in [0.1, 0.15) is 0 Å². The molecule has 0 aliphatic heterocycles. The molecule has 0 fully saturated rings. The van der Waals surface area contributed by atoms with Crippen LogP contribution in [-0.4, -0.2) is 54.3 Å². The first kappa shape index (κ1) is 21.4. The minimum atomic E-state index is -0.635. The number of benzene rings is 3. The summed E-state index contributed by atoms with van der Waals surface area (Å²) in [7, 11) is 4.26. The molecule has 4 rings (SSSR count). The molecule has 0 aliphatic carbocycles. The Balaban J connectivity index is 1.30. The van der Waals surface area contributed by atoms with Gasteiger partial charge in [0.15, 0.2) is 11.5 Å². The van der Waals surface area contributed by atoms with Crippen LogP contribution in [0.2, 0.25) is 0 Å². The lowest BCUT2D eigenvalue weighted by molar-refractivity contribution is 0.0894. The molecule has 2 atom stereocenters. The number of aromatic amines is 1. The van der Waals surface area contributed by atoms with Gasteiger partial charge >= 0.3 is 0 Å². The predicted molar refractivity (Wildman–Crippen MR) is 127 cm³/mol. The number of hydrogen-bond donors (Lipinski definition) is 2. The fraction of sp³-hybridized carbons (Fsp3) is 0.250. The fourth-order valence-corrected chi connectivity index (χ4v) is 3.95. The molecule has 2 unspecified atom stereocenters. The lowest BCUT2D eigenvalue weighted by Crippen LogP contribution is -2.32. The standard InChI is InChI=1S/C24H27N2O4P/c1-28-21-10-4-5-11-22(21)29-14-13-26(31)15-17(27)16-30-23-12-6-9-20-24(23)18-7-2-3-8-19(18)25-20/h2-12,17,25,27H,13-16,31H2,1H3. The zero-order chi connectivity index (χ0) is 21.6. The van der Waals surface area contributed by atoms with Crippen LogP contribution in [0.4, 0.5) is 0 Å². The third-order valence-corrected chi connectivity index (χ3v) is 5.54. The Morgan fingerprint density at radius 1 is 0.903 bits per heavy atom. The minimum absolute atomic E-state index is 0.205. The summed E-state index contributed by atoms with van der Waals surface area (Å²) in [5, 5.41) is 12.6. The largest absolute Gasteiger partial charge is 0.493 e. The number of rotatable bonds is 10. The SMILES string of the molecule is COc1ccccc1OCCN(P)CC(O)COc1cccc2[nH]c3ccccc3c12. The zero-order valence-electron chi connectivity index (χ0n) is 17.5. The van der Waals surface area contributed by atoms with Crippen LogP contribution in [0.25, 0.3) is 21.8 Å². The molecule has 3 aromatic carbocycles. The van der Waals surface area contributed by atoms with Gasteiger partial charge in [0.2, 0.25) is 0 Å². The zero-order valence-corrected chi connectivity index (χ0v) is 18.6. The van der Waals surface area contributed by atoms with Gasteiger partial charge in [-0.15, -0.1) is 0 Å². The van der Waals surface area contributed by atoms with Gasteiger partial charge in [-0.25, -0.2) is 0 Å². The summed E-state index contributed by atoms with van der Waals surface area (Å²) in [5.74, 6) is 2.18. The second-order valence-electron chi connectivity index (χ2n) is 7.31. The fourth-order valence-electron chi connectivity index (χ4n) is 3.60. The number of aliphatic hydroxyl groups excluding tert-OH is 1. The van der Waals surface area contributed by atoms with E-state index in [1.807, 2.05) is 65.3 Å². The number of hydrogen-bond acceptors (Lipinski definition) is 5. The van der Waals surface area contributed by atoms with Gasteiger partial charge in [-0.05, 0) is 30.3 Å². The predicted octanol–water partition coefficient (Wildman–Crippen LogP) is 4.24. The number of ether oxygens (including phenoxy) is 3. The summed E-state index contributed by atoms with van der Waals surface area (Å²) < 4.78 is 19.0. The molecule has 162 valence electrons. The second kappa shape index (κ2) is 10.0. The molecule has 0 bridgehead atoms. The highest BCUT2D eigenvalue weighted by molar-refractivity contribution is 7.13. The van der Waals surface area contributed by atoms with Crippen molar-refractivity contribution in [3.8, 4) is 17.2 Å². The molecule has 0 aliphatic rings. The summed E-state index contributed by atoms with van der Waals surface area (Å²) >= 11 is 0. The van der Waals surface area contributed by atoms with Crippen molar-refractivity contribution in [1.29, 1.82) is 0 Å². The topological polar surface area (TPSA) is 67.0 Å². The van der Waals surface area contributed by atoms with Crippen LogP contribution in [0, 0.1) is 0 Å². The van der Waals surface area contributed by atoms with E-state index >= 15 is 0 Å². The van der Waals surface area contributed by atoms with E-state index in [4.69, 9.17) is 14.2 Å². The van der Waals surface area contributed by atoms with E-state index in [9.17, 15) is 5.11 Å². The van der Waals surface area contributed by atoms with E-state index in [2.05, 4.69) is 20.4 Å².